The van der Waals surface area contributed by atoms with Crippen molar-refractivity contribution in [2.75, 3.05) is 23.3 Å². The fraction of sp³-hybridized carbons (Fsp3) is 0.304. The average molecular weight is 359 g/mol. The molecule has 4 nitrogen and oxygen atoms in total. The topological polar surface area (TPSA) is 45.2 Å². The maximum atomic E-state index is 13.1. The maximum absolute atomic E-state index is 13.1. The van der Waals surface area contributed by atoms with Gasteiger partial charge in [0.1, 0.15) is 5.82 Å². The Morgan fingerprint density at radius 3 is 2.52 bits per heavy atom. The van der Waals surface area contributed by atoms with Gasteiger partial charge in [-0.1, -0.05) is 18.2 Å². The summed E-state index contributed by atoms with van der Waals surface area (Å²) in [5.41, 5.74) is 5.88. The number of amides is 1. The van der Waals surface area contributed by atoms with E-state index in [4.69, 9.17) is 4.98 Å². The normalized spacial score (nSPS) is 14.0. The van der Waals surface area contributed by atoms with Crippen molar-refractivity contribution in [3.63, 3.8) is 0 Å². The number of aryl methyl sites for hydroxylation is 3. The zero-order valence-corrected chi connectivity index (χ0v) is 16.2. The van der Waals surface area contributed by atoms with Crippen LogP contribution in [0.25, 0.3) is 10.9 Å². The third-order valence-electron chi connectivity index (χ3n) is 5.19. The van der Waals surface area contributed by atoms with Gasteiger partial charge in [0.05, 0.1) is 11.1 Å². The lowest BCUT2D eigenvalue weighted by Crippen LogP contribution is -2.24. The number of nitrogens with zero attached hydrogens (tertiary/aromatic N) is 2. The smallest absolute Gasteiger partial charge is 0.259 e. The first kappa shape index (κ1) is 17.5. The standard InChI is InChI=1S/C23H25N3O/c1-15-7-6-8-18(12-15)24-23(27)20-14-19-17(3)11-16(2)13-21(19)25-22(20)26-9-4-5-10-26/h6-8,11-14H,4-5,9-10H2,1-3H3,(H,24,27). The summed E-state index contributed by atoms with van der Waals surface area (Å²) in [7, 11) is 0. The summed E-state index contributed by atoms with van der Waals surface area (Å²) in [4.78, 5) is 20.3. The van der Waals surface area contributed by atoms with Crippen LogP contribution in [0.3, 0.4) is 0 Å². The predicted octanol–water partition coefficient (Wildman–Crippen LogP) is 5.01. The second kappa shape index (κ2) is 7.03. The molecule has 1 N–H and O–H groups in total. The molecule has 4 heteroatoms. The van der Waals surface area contributed by atoms with E-state index in [1.165, 1.54) is 5.56 Å². The van der Waals surface area contributed by atoms with E-state index in [1.54, 1.807) is 0 Å². The highest BCUT2D eigenvalue weighted by molar-refractivity contribution is 6.10. The monoisotopic (exact) mass is 359 g/mol. The Hall–Kier alpha value is -2.88. The molecule has 0 unspecified atom stereocenters. The molecule has 2 heterocycles. The van der Waals surface area contributed by atoms with Crippen molar-refractivity contribution in [3.8, 4) is 0 Å². The molecule has 0 spiro atoms. The molecule has 138 valence electrons. The Labute approximate surface area is 160 Å². The Bertz CT molecular complexity index is 1020. The lowest BCUT2D eigenvalue weighted by atomic mass is 10.0. The van der Waals surface area contributed by atoms with Gasteiger partial charge in [0.2, 0.25) is 0 Å². The van der Waals surface area contributed by atoms with E-state index in [1.807, 2.05) is 37.3 Å². The summed E-state index contributed by atoms with van der Waals surface area (Å²) in [6, 6.07) is 14.1. The molecule has 27 heavy (non-hydrogen) atoms. The molecule has 0 bridgehead atoms. The number of benzene rings is 2. The van der Waals surface area contributed by atoms with Crippen molar-refractivity contribution in [3.05, 3.63) is 64.7 Å². The van der Waals surface area contributed by atoms with Gasteiger partial charge < -0.3 is 10.2 Å². The molecule has 0 saturated carbocycles. The van der Waals surface area contributed by atoms with Crippen LogP contribution in [-0.2, 0) is 0 Å². The van der Waals surface area contributed by atoms with E-state index in [2.05, 4.69) is 36.2 Å². The molecule has 2 aromatic carbocycles. The van der Waals surface area contributed by atoms with E-state index in [-0.39, 0.29) is 5.91 Å². The average Bonchev–Trinajstić information content (AvgIpc) is 3.15. The van der Waals surface area contributed by atoms with Gasteiger partial charge in [0.15, 0.2) is 0 Å². The van der Waals surface area contributed by atoms with Gasteiger partial charge in [-0.2, -0.15) is 0 Å². The minimum atomic E-state index is -0.100. The van der Waals surface area contributed by atoms with Gasteiger partial charge in [0, 0.05) is 24.2 Å². The molecule has 4 rings (SSSR count). The number of anilines is 2. The van der Waals surface area contributed by atoms with Crippen LogP contribution in [0.4, 0.5) is 11.5 Å². The molecule has 0 atom stereocenters. The molecule has 1 aromatic heterocycles. The van der Waals surface area contributed by atoms with Crippen molar-refractivity contribution in [1.29, 1.82) is 0 Å². The minimum absolute atomic E-state index is 0.100. The number of rotatable bonds is 3. The number of hydrogen-bond acceptors (Lipinski definition) is 3. The van der Waals surface area contributed by atoms with Gasteiger partial charge >= 0.3 is 0 Å². The third-order valence-corrected chi connectivity index (χ3v) is 5.19. The predicted molar refractivity (Wildman–Crippen MR) is 112 cm³/mol. The van der Waals surface area contributed by atoms with Crippen molar-refractivity contribution >= 4 is 28.3 Å². The van der Waals surface area contributed by atoms with Crippen molar-refractivity contribution in [1.82, 2.24) is 4.98 Å². The second-order valence-electron chi connectivity index (χ2n) is 7.53. The molecule has 0 radical (unpaired) electrons. The van der Waals surface area contributed by atoms with Gasteiger partial charge in [-0.25, -0.2) is 4.98 Å². The quantitative estimate of drug-likeness (QED) is 0.715. The Morgan fingerprint density at radius 1 is 1.00 bits per heavy atom. The Morgan fingerprint density at radius 2 is 1.78 bits per heavy atom. The van der Waals surface area contributed by atoms with E-state index in [0.29, 0.717) is 5.56 Å². The molecule has 1 aliphatic heterocycles. The van der Waals surface area contributed by atoms with Crippen molar-refractivity contribution < 1.29 is 4.79 Å². The van der Waals surface area contributed by atoms with Gasteiger partial charge in [-0.3, -0.25) is 4.79 Å². The molecule has 1 fully saturated rings. The highest BCUT2D eigenvalue weighted by Gasteiger charge is 2.22. The number of aromatic nitrogens is 1. The van der Waals surface area contributed by atoms with Crippen LogP contribution in [0.5, 0.6) is 0 Å². The number of nitrogens with one attached hydrogen (secondary N) is 1. The van der Waals surface area contributed by atoms with Gasteiger partial charge in [-0.15, -0.1) is 0 Å². The fourth-order valence-electron chi connectivity index (χ4n) is 3.88. The minimum Gasteiger partial charge on any atom is -0.356 e. The van der Waals surface area contributed by atoms with Crippen LogP contribution < -0.4 is 10.2 Å². The summed E-state index contributed by atoms with van der Waals surface area (Å²) in [6.45, 7) is 8.09. The zero-order valence-electron chi connectivity index (χ0n) is 16.2. The van der Waals surface area contributed by atoms with E-state index in [0.717, 1.165) is 59.5 Å². The number of carbonyl (C=O) groups is 1. The lowest BCUT2D eigenvalue weighted by Gasteiger charge is -2.21. The van der Waals surface area contributed by atoms with Crippen molar-refractivity contribution in [2.45, 2.75) is 33.6 Å². The van der Waals surface area contributed by atoms with E-state index in [9.17, 15) is 4.79 Å². The summed E-state index contributed by atoms with van der Waals surface area (Å²) >= 11 is 0. The zero-order chi connectivity index (χ0) is 19.0. The van der Waals surface area contributed by atoms with Gasteiger partial charge in [-0.05, 0) is 74.6 Å². The van der Waals surface area contributed by atoms with E-state index >= 15 is 0 Å². The number of hydrogen-bond donors (Lipinski definition) is 1. The van der Waals surface area contributed by atoms with Crippen LogP contribution in [-0.4, -0.2) is 24.0 Å². The molecule has 1 aliphatic rings. The first-order chi connectivity index (χ1) is 13.0. The molecule has 0 aliphatic carbocycles. The van der Waals surface area contributed by atoms with Crippen LogP contribution in [0.15, 0.2) is 42.5 Å². The highest BCUT2D eigenvalue weighted by Crippen LogP contribution is 2.29. The summed E-state index contributed by atoms with van der Waals surface area (Å²) in [5, 5.41) is 4.09. The van der Waals surface area contributed by atoms with Crippen LogP contribution >= 0.6 is 0 Å². The lowest BCUT2D eigenvalue weighted by molar-refractivity contribution is 0.102. The summed E-state index contributed by atoms with van der Waals surface area (Å²) in [5.74, 6) is 0.701. The third kappa shape index (κ3) is 3.52. The van der Waals surface area contributed by atoms with E-state index < -0.39 is 0 Å². The largest absolute Gasteiger partial charge is 0.356 e. The SMILES string of the molecule is Cc1cccc(NC(=O)c2cc3c(C)cc(C)cc3nc2N2CCCC2)c1. The summed E-state index contributed by atoms with van der Waals surface area (Å²) in [6.07, 6.45) is 2.29. The van der Waals surface area contributed by atoms with Gasteiger partial charge in [0.25, 0.3) is 5.91 Å². The molecular formula is C23H25N3O. The first-order valence-electron chi connectivity index (χ1n) is 9.56. The molecule has 1 amide bonds. The molecular weight excluding hydrogens is 334 g/mol. The second-order valence-corrected chi connectivity index (χ2v) is 7.53. The maximum Gasteiger partial charge on any atom is 0.259 e. The number of fused-ring (bicyclic) bond motifs is 1. The number of pyridine rings is 1. The number of carbonyl (C=O) groups excluding carboxylic acids is 1. The van der Waals surface area contributed by atoms with Crippen LogP contribution in [0, 0.1) is 20.8 Å². The molecule has 1 saturated heterocycles. The van der Waals surface area contributed by atoms with Crippen LogP contribution in [0.1, 0.15) is 39.9 Å². The Balaban J connectivity index is 1.81. The summed E-state index contributed by atoms with van der Waals surface area (Å²) < 4.78 is 0. The Kier molecular flexibility index (Phi) is 4.56. The molecule has 3 aromatic rings. The van der Waals surface area contributed by atoms with Crippen molar-refractivity contribution in [2.24, 2.45) is 0 Å². The fourth-order valence-corrected chi connectivity index (χ4v) is 3.88. The van der Waals surface area contributed by atoms with Crippen LogP contribution in [0.2, 0.25) is 0 Å². The highest BCUT2D eigenvalue weighted by atomic mass is 16.1. The first-order valence-corrected chi connectivity index (χ1v) is 9.56.